The second-order valence-electron chi connectivity index (χ2n) is 7.63. The van der Waals surface area contributed by atoms with Gasteiger partial charge in [0.25, 0.3) is 11.7 Å². The molecule has 1 aliphatic rings. The van der Waals surface area contributed by atoms with Crippen LogP contribution in [0.3, 0.4) is 0 Å². The van der Waals surface area contributed by atoms with E-state index in [1.165, 1.54) is 0 Å². The summed E-state index contributed by atoms with van der Waals surface area (Å²) in [5, 5.41) is 13.4. The average Bonchev–Trinajstić information content (AvgIpc) is 3.46. The number of amides is 1. The second-order valence-corrected chi connectivity index (χ2v) is 8.07. The van der Waals surface area contributed by atoms with Gasteiger partial charge in [0.2, 0.25) is 0 Å². The van der Waals surface area contributed by atoms with Gasteiger partial charge in [0.05, 0.1) is 17.8 Å². The molecule has 10 heteroatoms. The monoisotopic (exact) mass is 449 g/mol. The molecule has 3 heterocycles. The van der Waals surface area contributed by atoms with Crippen LogP contribution in [-0.4, -0.2) is 72.9 Å². The first-order valence-corrected chi connectivity index (χ1v) is 10.6. The fourth-order valence-corrected chi connectivity index (χ4v) is 4.04. The van der Waals surface area contributed by atoms with Gasteiger partial charge in [-0.2, -0.15) is 4.68 Å². The highest BCUT2D eigenvalue weighted by atomic mass is 35.5. The molecule has 0 radical (unpaired) electrons. The van der Waals surface area contributed by atoms with Gasteiger partial charge in [-0.05, 0) is 40.8 Å². The van der Waals surface area contributed by atoms with Crippen molar-refractivity contribution in [3.63, 3.8) is 0 Å². The van der Waals surface area contributed by atoms with E-state index in [9.17, 15) is 9.59 Å². The van der Waals surface area contributed by atoms with E-state index in [0.717, 1.165) is 16.6 Å². The quantitative estimate of drug-likeness (QED) is 0.371. The Balaban J connectivity index is 1.22. The molecule has 5 rings (SSSR count). The molecule has 2 aromatic carbocycles. The molecule has 162 valence electrons. The highest BCUT2D eigenvalue weighted by molar-refractivity contribution is 6.44. The molecular formula is C22H20ClN7O2. The van der Waals surface area contributed by atoms with Gasteiger partial charge < -0.3 is 9.88 Å². The number of halogens is 1. The molecule has 1 saturated heterocycles. The zero-order valence-corrected chi connectivity index (χ0v) is 17.9. The lowest BCUT2D eigenvalue weighted by molar-refractivity contribution is -0.128. The van der Waals surface area contributed by atoms with Crippen molar-refractivity contribution in [3.8, 4) is 5.69 Å². The summed E-state index contributed by atoms with van der Waals surface area (Å²) in [7, 11) is 0. The molecular weight excluding hydrogens is 430 g/mol. The first-order chi connectivity index (χ1) is 15.6. The first-order valence-electron chi connectivity index (χ1n) is 10.3. The van der Waals surface area contributed by atoms with Gasteiger partial charge in [-0.25, -0.2) is 0 Å². The maximum atomic E-state index is 12.8. The molecule has 1 aliphatic heterocycles. The third-order valence-electron chi connectivity index (χ3n) is 5.66. The highest BCUT2D eigenvalue weighted by Gasteiger charge is 2.29. The summed E-state index contributed by atoms with van der Waals surface area (Å²) in [5.41, 5.74) is 2.08. The highest BCUT2D eigenvalue weighted by Crippen LogP contribution is 2.20. The fraction of sp³-hybridized carbons (Fsp3) is 0.227. The van der Waals surface area contributed by atoms with E-state index in [0.29, 0.717) is 49.1 Å². The zero-order chi connectivity index (χ0) is 22.1. The smallest absolute Gasteiger partial charge is 0.295 e. The third-order valence-corrected chi connectivity index (χ3v) is 5.91. The van der Waals surface area contributed by atoms with Crippen LogP contribution in [0.25, 0.3) is 16.6 Å². The zero-order valence-electron chi connectivity index (χ0n) is 17.1. The Morgan fingerprint density at radius 1 is 1.00 bits per heavy atom. The summed E-state index contributed by atoms with van der Waals surface area (Å²) in [4.78, 5) is 32.5. The summed E-state index contributed by atoms with van der Waals surface area (Å²) in [6, 6.07) is 14.8. The van der Waals surface area contributed by atoms with Crippen LogP contribution in [0.1, 0.15) is 16.2 Å². The molecule has 1 amide bonds. The lowest BCUT2D eigenvalue weighted by Crippen LogP contribution is -2.50. The second kappa shape index (κ2) is 8.52. The van der Waals surface area contributed by atoms with E-state index in [4.69, 9.17) is 11.6 Å². The normalized spacial score (nSPS) is 14.7. The summed E-state index contributed by atoms with van der Waals surface area (Å²) >= 11 is 5.96. The fourth-order valence-electron chi connectivity index (χ4n) is 3.91. The molecule has 0 bridgehead atoms. The first kappa shape index (κ1) is 20.3. The molecule has 0 unspecified atom stereocenters. The summed E-state index contributed by atoms with van der Waals surface area (Å²) in [5.74, 6) is -0.259. The minimum atomic E-state index is -0.484. The van der Waals surface area contributed by atoms with Crippen LogP contribution in [0.15, 0.2) is 54.7 Å². The topological polar surface area (TPSA) is 100 Å². The van der Waals surface area contributed by atoms with Crippen molar-refractivity contribution in [2.24, 2.45) is 0 Å². The SMILES string of the molecule is O=C(C(=O)N1CCN(Cc2nnnn2-c2ccc(Cl)cc2)CC1)c1c[nH]c2ccccc12. The number of piperazine rings is 1. The molecule has 0 saturated carbocycles. The summed E-state index contributed by atoms with van der Waals surface area (Å²) in [6.45, 7) is 2.72. The van der Waals surface area contributed by atoms with E-state index in [1.807, 2.05) is 36.4 Å². The van der Waals surface area contributed by atoms with Crippen molar-refractivity contribution in [1.82, 2.24) is 35.0 Å². The van der Waals surface area contributed by atoms with E-state index in [2.05, 4.69) is 25.4 Å². The maximum Gasteiger partial charge on any atom is 0.295 e. The van der Waals surface area contributed by atoms with Crippen molar-refractivity contribution >= 4 is 34.2 Å². The minimum Gasteiger partial charge on any atom is -0.360 e. The minimum absolute atomic E-state index is 0.412. The van der Waals surface area contributed by atoms with Crippen LogP contribution in [0.4, 0.5) is 0 Å². The lowest BCUT2D eigenvalue weighted by Gasteiger charge is -2.33. The predicted molar refractivity (Wildman–Crippen MR) is 119 cm³/mol. The van der Waals surface area contributed by atoms with Crippen molar-refractivity contribution in [2.75, 3.05) is 26.2 Å². The van der Waals surface area contributed by atoms with E-state index in [1.54, 1.807) is 27.9 Å². The van der Waals surface area contributed by atoms with Crippen LogP contribution >= 0.6 is 11.6 Å². The Hall–Kier alpha value is -3.56. The molecule has 1 fully saturated rings. The molecule has 2 aromatic heterocycles. The number of carbonyl (C=O) groups is 2. The van der Waals surface area contributed by atoms with Gasteiger partial charge in [0.1, 0.15) is 0 Å². The number of H-pyrrole nitrogens is 1. The standard InChI is InChI=1S/C22H20ClN7O2/c23-15-5-7-16(8-6-15)30-20(25-26-27-30)14-28-9-11-29(12-10-28)22(32)21(31)18-13-24-19-4-2-1-3-17(18)19/h1-8,13,24H,9-12,14H2. The van der Waals surface area contributed by atoms with Crippen LogP contribution in [-0.2, 0) is 11.3 Å². The Bertz CT molecular complexity index is 1270. The van der Waals surface area contributed by atoms with Crippen LogP contribution in [0, 0.1) is 0 Å². The molecule has 9 nitrogen and oxygen atoms in total. The summed E-state index contributed by atoms with van der Waals surface area (Å²) < 4.78 is 1.67. The number of rotatable bonds is 5. The number of aromatic nitrogens is 5. The van der Waals surface area contributed by atoms with Gasteiger partial charge in [-0.3, -0.25) is 14.5 Å². The number of hydrogen-bond donors (Lipinski definition) is 1. The number of benzene rings is 2. The van der Waals surface area contributed by atoms with Gasteiger partial charge >= 0.3 is 0 Å². The number of ketones is 1. The Morgan fingerprint density at radius 2 is 1.75 bits per heavy atom. The van der Waals surface area contributed by atoms with Gasteiger partial charge in [-0.1, -0.05) is 29.8 Å². The molecule has 1 N–H and O–H groups in total. The van der Waals surface area contributed by atoms with Gasteiger partial charge in [0.15, 0.2) is 5.82 Å². The number of aromatic amines is 1. The Kier molecular flexibility index (Phi) is 5.42. The van der Waals surface area contributed by atoms with Gasteiger partial charge in [0, 0.05) is 48.3 Å². The third kappa shape index (κ3) is 3.88. The Morgan fingerprint density at radius 3 is 2.53 bits per heavy atom. The summed E-state index contributed by atoms with van der Waals surface area (Å²) in [6.07, 6.45) is 1.61. The lowest BCUT2D eigenvalue weighted by atomic mass is 10.1. The van der Waals surface area contributed by atoms with Crippen LogP contribution < -0.4 is 0 Å². The van der Waals surface area contributed by atoms with E-state index >= 15 is 0 Å². The van der Waals surface area contributed by atoms with Crippen molar-refractivity contribution in [2.45, 2.75) is 6.54 Å². The average molecular weight is 450 g/mol. The maximum absolute atomic E-state index is 12.8. The number of tetrazole rings is 1. The number of fused-ring (bicyclic) bond motifs is 1. The molecule has 0 atom stereocenters. The van der Waals surface area contributed by atoms with Crippen molar-refractivity contribution < 1.29 is 9.59 Å². The van der Waals surface area contributed by atoms with E-state index < -0.39 is 11.7 Å². The number of hydrogen-bond acceptors (Lipinski definition) is 6. The number of nitrogens with one attached hydrogen (secondary N) is 1. The largest absolute Gasteiger partial charge is 0.360 e. The Labute approximate surface area is 188 Å². The molecule has 32 heavy (non-hydrogen) atoms. The van der Waals surface area contributed by atoms with E-state index in [-0.39, 0.29) is 0 Å². The predicted octanol–water partition coefficient (Wildman–Crippen LogP) is 2.32. The number of nitrogens with zero attached hydrogens (tertiary/aromatic N) is 6. The van der Waals surface area contributed by atoms with Gasteiger partial charge in [-0.15, -0.1) is 5.10 Å². The van der Waals surface area contributed by atoms with Crippen molar-refractivity contribution in [3.05, 3.63) is 71.1 Å². The molecule has 0 aliphatic carbocycles. The molecule has 4 aromatic rings. The number of para-hydroxylation sites is 1. The van der Waals surface area contributed by atoms with Crippen LogP contribution in [0.2, 0.25) is 5.02 Å². The number of carbonyl (C=O) groups excluding carboxylic acids is 2. The van der Waals surface area contributed by atoms with Crippen molar-refractivity contribution in [1.29, 1.82) is 0 Å². The van der Waals surface area contributed by atoms with Crippen LogP contribution in [0.5, 0.6) is 0 Å². The molecule has 0 spiro atoms. The number of Topliss-reactive ketones (excluding diaryl/α,β-unsaturated/α-hetero) is 1.